The lowest BCUT2D eigenvalue weighted by molar-refractivity contribution is -0.152. The van der Waals surface area contributed by atoms with Crippen molar-refractivity contribution in [2.45, 2.75) is 65.5 Å². The minimum atomic E-state index is -0.917. The zero-order valence-corrected chi connectivity index (χ0v) is 20.6. The van der Waals surface area contributed by atoms with E-state index in [0.29, 0.717) is 17.9 Å². The van der Waals surface area contributed by atoms with E-state index in [0.717, 1.165) is 22.2 Å². The van der Waals surface area contributed by atoms with Gasteiger partial charge < -0.3 is 24.1 Å². The van der Waals surface area contributed by atoms with Gasteiger partial charge in [-0.3, -0.25) is 14.9 Å². The quantitative estimate of drug-likeness (QED) is 0.410. The van der Waals surface area contributed by atoms with Gasteiger partial charge in [-0.25, -0.2) is 4.98 Å². The second kappa shape index (κ2) is 10.5. The zero-order valence-electron chi connectivity index (χ0n) is 20.6. The van der Waals surface area contributed by atoms with Crippen molar-refractivity contribution < 1.29 is 19.7 Å². The van der Waals surface area contributed by atoms with Gasteiger partial charge in [0.25, 0.3) is 5.56 Å². The Bertz CT molecular complexity index is 1200. The van der Waals surface area contributed by atoms with Crippen molar-refractivity contribution in [2.75, 3.05) is 6.61 Å². The number of hydrogen-bond acceptors (Lipinski definition) is 7. The number of aromatic nitrogens is 3. The number of rotatable bonds is 9. The lowest BCUT2D eigenvalue weighted by atomic mass is 10.1. The Morgan fingerprint density at radius 3 is 2.50 bits per heavy atom. The Labute approximate surface area is 199 Å². The molecule has 0 aliphatic carbocycles. The summed E-state index contributed by atoms with van der Waals surface area (Å²) in [6, 6.07) is 6.48. The van der Waals surface area contributed by atoms with E-state index < -0.39 is 18.1 Å². The number of benzene rings is 1. The predicted molar refractivity (Wildman–Crippen MR) is 130 cm³/mol. The van der Waals surface area contributed by atoms with Crippen LogP contribution in [0.2, 0.25) is 0 Å². The molecule has 0 fully saturated rings. The second-order valence-corrected chi connectivity index (χ2v) is 9.07. The van der Waals surface area contributed by atoms with Crippen LogP contribution in [0.3, 0.4) is 0 Å². The number of fused-ring (bicyclic) bond motifs is 1. The number of imidazole rings is 1. The van der Waals surface area contributed by atoms with E-state index in [1.807, 2.05) is 29.7 Å². The van der Waals surface area contributed by atoms with Crippen LogP contribution in [0.15, 0.2) is 35.3 Å². The molecule has 0 spiro atoms. The number of nitrogens with one attached hydrogen (secondary N) is 1. The third-order valence-electron chi connectivity index (χ3n) is 5.69. The summed E-state index contributed by atoms with van der Waals surface area (Å²) in [6.45, 7) is 9.00. The van der Waals surface area contributed by atoms with Crippen molar-refractivity contribution in [2.24, 2.45) is 7.05 Å². The fourth-order valence-electron chi connectivity index (χ4n) is 3.97. The molecular weight excluding hydrogens is 436 g/mol. The Balaban J connectivity index is 1.98. The number of aryl methyl sites for hydroxylation is 2. The van der Waals surface area contributed by atoms with E-state index in [1.165, 1.54) is 4.57 Å². The van der Waals surface area contributed by atoms with E-state index >= 15 is 0 Å². The summed E-state index contributed by atoms with van der Waals surface area (Å²) in [5.74, 6) is 0.155. The van der Waals surface area contributed by atoms with Crippen LogP contribution in [0, 0.1) is 6.92 Å². The number of carbonyl (C=O) groups is 1. The number of nitrogens with zero attached hydrogens (tertiary/aromatic N) is 3. The van der Waals surface area contributed by atoms with Crippen molar-refractivity contribution in [3.05, 3.63) is 51.9 Å². The number of ether oxygens (including phenoxy) is 1. The first-order chi connectivity index (χ1) is 16.0. The molecule has 9 heteroatoms. The molecule has 0 radical (unpaired) electrons. The molecule has 3 atom stereocenters. The highest BCUT2D eigenvalue weighted by Crippen LogP contribution is 2.29. The van der Waals surface area contributed by atoms with Gasteiger partial charge in [0.1, 0.15) is 11.9 Å². The van der Waals surface area contributed by atoms with Crippen LogP contribution in [0.4, 0.5) is 0 Å². The molecule has 0 amide bonds. The molecule has 3 aromatic rings. The topological polar surface area (TPSA) is 119 Å². The van der Waals surface area contributed by atoms with Crippen LogP contribution < -0.4 is 10.9 Å². The van der Waals surface area contributed by atoms with Gasteiger partial charge in [-0.2, -0.15) is 0 Å². The minimum absolute atomic E-state index is 0.0689. The molecule has 1 aromatic carbocycles. The van der Waals surface area contributed by atoms with E-state index in [4.69, 9.17) is 9.72 Å². The SMILES string of the molecule is Cc1cc(-c2nc3cc(CNC(C(=O)OC(C)C)C(C)O)ccc3n2C(C)CO)cn(C)c1=O. The van der Waals surface area contributed by atoms with Crippen molar-refractivity contribution in [3.63, 3.8) is 0 Å². The molecule has 3 unspecified atom stereocenters. The summed E-state index contributed by atoms with van der Waals surface area (Å²) >= 11 is 0. The predicted octanol–water partition coefficient (Wildman–Crippen LogP) is 2.05. The van der Waals surface area contributed by atoms with Gasteiger partial charge in [0.15, 0.2) is 0 Å². The molecule has 2 heterocycles. The molecule has 34 heavy (non-hydrogen) atoms. The van der Waals surface area contributed by atoms with E-state index in [1.54, 1.807) is 47.0 Å². The maximum absolute atomic E-state index is 12.3. The molecule has 184 valence electrons. The third kappa shape index (κ3) is 5.38. The summed E-state index contributed by atoms with van der Waals surface area (Å²) in [6.07, 6.45) is 0.552. The first-order valence-electron chi connectivity index (χ1n) is 11.4. The summed E-state index contributed by atoms with van der Waals surface area (Å²) in [5.41, 5.74) is 3.76. The maximum Gasteiger partial charge on any atom is 0.326 e. The number of carbonyl (C=O) groups excluding carboxylic acids is 1. The van der Waals surface area contributed by atoms with Crippen LogP contribution in [-0.2, 0) is 23.1 Å². The van der Waals surface area contributed by atoms with Crippen molar-refractivity contribution >= 4 is 17.0 Å². The van der Waals surface area contributed by atoms with E-state index in [2.05, 4.69) is 5.32 Å². The first kappa shape index (κ1) is 25.6. The van der Waals surface area contributed by atoms with Crippen molar-refractivity contribution in [1.82, 2.24) is 19.4 Å². The van der Waals surface area contributed by atoms with Crippen LogP contribution in [0.25, 0.3) is 22.4 Å². The van der Waals surface area contributed by atoms with Crippen LogP contribution >= 0.6 is 0 Å². The molecule has 2 aromatic heterocycles. The van der Waals surface area contributed by atoms with Gasteiger partial charge in [-0.05, 0) is 58.4 Å². The number of hydrogen-bond donors (Lipinski definition) is 3. The number of pyridine rings is 1. The van der Waals surface area contributed by atoms with Gasteiger partial charge >= 0.3 is 5.97 Å². The van der Waals surface area contributed by atoms with Crippen LogP contribution in [-0.4, -0.2) is 55.2 Å². The molecule has 0 aliphatic heterocycles. The van der Waals surface area contributed by atoms with Crippen molar-refractivity contribution in [1.29, 1.82) is 0 Å². The molecule has 0 bridgehead atoms. The van der Waals surface area contributed by atoms with Gasteiger partial charge in [0, 0.05) is 30.9 Å². The van der Waals surface area contributed by atoms with E-state index in [-0.39, 0.29) is 24.3 Å². The normalized spacial score (nSPS) is 14.4. The highest BCUT2D eigenvalue weighted by atomic mass is 16.5. The number of esters is 1. The summed E-state index contributed by atoms with van der Waals surface area (Å²) in [4.78, 5) is 29.3. The molecular formula is C25H34N4O5. The lowest BCUT2D eigenvalue weighted by Crippen LogP contribution is -2.46. The van der Waals surface area contributed by atoms with Crippen LogP contribution in [0.1, 0.15) is 44.9 Å². The van der Waals surface area contributed by atoms with Crippen molar-refractivity contribution in [3.8, 4) is 11.4 Å². The monoisotopic (exact) mass is 470 g/mol. The second-order valence-electron chi connectivity index (χ2n) is 9.07. The number of aliphatic hydroxyl groups excluding tert-OH is 2. The minimum Gasteiger partial charge on any atom is -0.462 e. The molecule has 0 aliphatic rings. The molecule has 9 nitrogen and oxygen atoms in total. The van der Waals surface area contributed by atoms with E-state index in [9.17, 15) is 19.8 Å². The Morgan fingerprint density at radius 2 is 1.91 bits per heavy atom. The average molecular weight is 471 g/mol. The average Bonchev–Trinajstić information content (AvgIpc) is 3.14. The summed E-state index contributed by atoms with van der Waals surface area (Å²) < 4.78 is 8.73. The molecule has 3 rings (SSSR count). The molecule has 0 saturated carbocycles. The fraction of sp³-hybridized carbons (Fsp3) is 0.480. The third-order valence-corrected chi connectivity index (χ3v) is 5.69. The highest BCUT2D eigenvalue weighted by Gasteiger charge is 2.26. The Morgan fingerprint density at radius 1 is 1.21 bits per heavy atom. The first-order valence-corrected chi connectivity index (χ1v) is 11.4. The van der Waals surface area contributed by atoms with Gasteiger partial charge in [-0.1, -0.05) is 6.07 Å². The maximum atomic E-state index is 12.3. The van der Waals surface area contributed by atoms with Crippen LogP contribution in [0.5, 0.6) is 0 Å². The van der Waals surface area contributed by atoms with Gasteiger partial charge in [-0.15, -0.1) is 0 Å². The fourth-order valence-corrected chi connectivity index (χ4v) is 3.97. The smallest absolute Gasteiger partial charge is 0.326 e. The zero-order chi connectivity index (χ0) is 25.2. The largest absolute Gasteiger partial charge is 0.462 e. The molecule has 3 N–H and O–H groups in total. The van der Waals surface area contributed by atoms with Gasteiger partial charge in [0.05, 0.1) is 35.9 Å². The van der Waals surface area contributed by atoms with Gasteiger partial charge in [0.2, 0.25) is 0 Å². The Kier molecular flexibility index (Phi) is 7.91. The summed E-state index contributed by atoms with van der Waals surface area (Å²) in [5, 5.41) is 23.0. The highest BCUT2D eigenvalue weighted by molar-refractivity contribution is 5.81. The number of aliphatic hydroxyl groups is 2. The Hall–Kier alpha value is -3.01. The lowest BCUT2D eigenvalue weighted by Gasteiger charge is -2.21. The molecule has 0 saturated heterocycles. The standard InChI is InChI=1S/C25H34N4O5/c1-14(2)34-25(33)22(17(5)31)26-11-18-7-8-21-20(10-18)27-23(29(21)16(4)13-30)19-9-15(3)24(32)28(6)12-19/h7-10,12,14,16-17,22,26,30-31H,11,13H2,1-6H3. The summed E-state index contributed by atoms with van der Waals surface area (Å²) in [7, 11) is 1.70.